The molecule has 1 saturated heterocycles. The predicted octanol–water partition coefficient (Wildman–Crippen LogP) is 2.44. The summed E-state index contributed by atoms with van der Waals surface area (Å²) < 4.78 is 18.8. The molecule has 0 bridgehead atoms. The Hall–Kier alpha value is -1.13. The molecule has 1 aromatic carbocycles. The fourth-order valence-electron chi connectivity index (χ4n) is 2.73. The van der Waals surface area contributed by atoms with Crippen LogP contribution < -0.4 is 4.74 Å². The number of hydrogen-bond donors (Lipinski definition) is 1. The van der Waals surface area contributed by atoms with Crippen molar-refractivity contribution in [3.63, 3.8) is 0 Å². The summed E-state index contributed by atoms with van der Waals surface area (Å²) in [6.45, 7) is 5.80. The minimum atomic E-state index is -0.700. The van der Waals surface area contributed by atoms with Crippen LogP contribution >= 0.6 is 0 Å². The topological polar surface area (TPSA) is 32.7 Å². The molecule has 1 unspecified atom stereocenters. The van der Waals surface area contributed by atoms with E-state index in [1.165, 1.54) is 6.07 Å². The Morgan fingerprint density at radius 1 is 1.42 bits per heavy atom. The second kappa shape index (κ2) is 5.88. The monoisotopic (exact) mass is 267 g/mol. The maximum atomic E-state index is 13.4. The molecule has 0 aromatic heterocycles. The number of hydrogen-bond acceptors (Lipinski definition) is 3. The Bertz CT molecular complexity index is 417. The van der Waals surface area contributed by atoms with E-state index in [1.54, 1.807) is 18.2 Å². The lowest BCUT2D eigenvalue weighted by Gasteiger charge is -2.33. The first-order valence-electron chi connectivity index (χ1n) is 6.82. The van der Waals surface area contributed by atoms with Gasteiger partial charge in [-0.1, -0.05) is 12.1 Å². The lowest BCUT2D eigenvalue weighted by Crippen LogP contribution is -2.46. The quantitative estimate of drug-likeness (QED) is 0.889. The van der Waals surface area contributed by atoms with Crippen LogP contribution in [0, 0.1) is 5.82 Å². The van der Waals surface area contributed by atoms with Crippen molar-refractivity contribution in [1.82, 2.24) is 4.90 Å². The Morgan fingerprint density at radius 2 is 2.16 bits per heavy atom. The molecule has 1 aromatic rings. The first-order chi connectivity index (χ1) is 8.98. The molecule has 1 aliphatic heterocycles. The number of nitrogens with zero attached hydrogens (tertiary/aromatic N) is 1. The molecular weight excluding hydrogens is 245 g/mol. The van der Waals surface area contributed by atoms with Gasteiger partial charge in [-0.05, 0) is 45.4 Å². The van der Waals surface area contributed by atoms with Gasteiger partial charge >= 0.3 is 0 Å². The average Bonchev–Trinajstić information content (AvgIpc) is 2.80. The van der Waals surface area contributed by atoms with Gasteiger partial charge in [0.2, 0.25) is 0 Å². The molecule has 1 heterocycles. The van der Waals surface area contributed by atoms with E-state index in [2.05, 4.69) is 4.90 Å². The van der Waals surface area contributed by atoms with E-state index in [0.717, 1.165) is 19.4 Å². The predicted molar refractivity (Wildman–Crippen MR) is 72.8 cm³/mol. The van der Waals surface area contributed by atoms with Crippen molar-refractivity contribution < 1.29 is 14.2 Å². The molecule has 0 aliphatic carbocycles. The maximum absolute atomic E-state index is 13.4. The van der Waals surface area contributed by atoms with Crippen LogP contribution in [-0.2, 0) is 0 Å². The van der Waals surface area contributed by atoms with Gasteiger partial charge in [-0.2, -0.15) is 0 Å². The number of halogens is 1. The standard InChI is InChI=1S/C15H22FNO2/c1-15(2,18)14-8-5-9-17(14)10-11-19-13-7-4-3-6-12(13)16/h3-4,6-7,14,18H,5,8-11H2,1-2H3. The van der Waals surface area contributed by atoms with Crippen LogP contribution in [0.15, 0.2) is 24.3 Å². The summed E-state index contributed by atoms with van der Waals surface area (Å²) in [6, 6.07) is 6.59. The minimum Gasteiger partial charge on any atom is -0.489 e. The Morgan fingerprint density at radius 3 is 2.84 bits per heavy atom. The van der Waals surface area contributed by atoms with Crippen molar-refractivity contribution in [2.75, 3.05) is 19.7 Å². The molecule has 3 nitrogen and oxygen atoms in total. The number of ether oxygens (including phenoxy) is 1. The van der Waals surface area contributed by atoms with Gasteiger partial charge in [0.25, 0.3) is 0 Å². The fourth-order valence-corrected chi connectivity index (χ4v) is 2.73. The Balaban J connectivity index is 1.84. The lowest BCUT2D eigenvalue weighted by molar-refractivity contribution is -0.00561. The minimum absolute atomic E-state index is 0.164. The highest BCUT2D eigenvalue weighted by Crippen LogP contribution is 2.26. The summed E-state index contributed by atoms with van der Waals surface area (Å²) >= 11 is 0. The first-order valence-corrected chi connectivity index (χ1v) is 6.82. The third-order valence-corrected chi connectivity index (χ3v) is 3.65. The molecule has 2 rings (SSSR count). The van der Waals surface area contributed by atoms with E-state index >= 15 is 0 Å². The highest BCUT2D eigenvalue weighted by Gasteiger charge is 2.35. The van der Waals surface area contributed by atoms with Crippen molar-refractivity contribution in [3.8, 4) is 5.75 Å². The molecule has 1 N–H and O–H groups in total. The summed E-state index contributed by atoms with van der Waals surface area (Å²) in [4.78, 5) is 2.22. The number of likely N-dealkylation sites (tertiary alicyclic amines) is 1. The van der Waals surface area contributed by atoms with E-state index in [-0.39, 0.29) is 11.9 Å². The summed E-state index contributed by atoms with van der Waals surface area (Å²) in [6.07, 6.45) is 2.09. The molecule has 0 radical (unpaired) electrons. The van der Waals surface area contributed by atoms with Crippen LogP contribution in [0.2, 0.25) is 0 Å². The van der Waals surface area contributed by atoms with Crippen molar-refractivity contribution >= 4 is 0 Å². The maximum Gasteiger partial charge on any atom is 0.165 e. The largest absolute Gasteiger partial charge is 0.489 e. The van der Waals surface area contributed by atoms with Gasteiger partial charge in [0.1, 0.15) is 6.61 Å². The van der Waals surface area contributed by atoms with Gasteiger partial charge < -0.3 is 9.84 Å². The van der Waals surface area contributed by atoms with E-state index in [1.807, 2.05) is 13.8 Å². The Labute approximate surface area is 114 Å². The van der Waals surface area contributed by atoms with E-state index in [9.17, 15) is 9.50 Å². The summed E-state index contributed by atoms with van der Waals surface area (Å²) in [7, 11) is 0. The van der Waals surface area contributed by atoms with Crippen LogP contribution in [0.4, 0.5) is 4.39 Å². The summed E-state index contributed by atoms with van der Waals surface area (Å²) in [5.74, 6) is -0.0375. The zero-order chi connectivity index (χ0) is 13.9. The second-order valence-corrected chi connectivity index (χ2v) is 5.63. The van der Waals surface area contributed by atoms with Gasteiger partial charge in [-0.25, -0.2) is 4.39 Å². The van der Waals surface area contributed by atoms with Gasteiger partial charge in [0, 0.05) is 12.6 Å². The second-order valence-electron chi connectivity index (χ2n) is 5.63. The van der Waals surface area contributed by atoms with Crippen LogP contribution in [0.5, 0.6) is 5.75 Å². The third-order valence-electron chi connectivity index (χ3n) is 3.65. The molecule has 0 saturated carbocycles. The smallest absolute Gasteiger partial charge is 0.165 e. The number of benzene rings is 1. The van der Waals surface area contributed by atoms with Crippen molar-refractivity contribution in [2.24, 2.45) is 0 Å². The lowest BCUT2D eigenvalue weighted by atomic mass is 9.97. The molecule has 0 spiro atoms. The van der Waals surface area contributed by atoms with Gasteiger partial charge in [0.15, 0.2) is 11.6 Å². The zero-order valence-corrected chi connectivity index (χ0v) is 11.6. The highest BCUT2D eigenvalue weighted by atomic mass is 19.1. The normalized spacial score (nSPS) is 20.7. The summed E-state index contributed by atoms with van der Waals surface area (Å²) in [5, 5.41) is 10.1. The summed E-state index contributed by atoms with van der Waals surface area (Å²) in [5.41, 5.74) is -0.700. The average molecular weight is 267 g/mol. The fraction of sp³-hybridized carbons (Fsp3) is 0.600. The van der Waals surface area contributed by atoms with E-state index in [4.69, 9.17) is 4.74 Å². The highest BCUT2D eigenvalue weighted by molar-refractivity contribution is 5.23. The number of aliphatic hydroxyl groups is 1. The van der Waals surface area contributed by atoms with Gasteiger partial charge in [0.05, 0.1) is 5.60 Å². The zero-order valence-electron chi connectivity index (χ0n) is 11.6. The third kappa shape index (κ3) is 3.67. The number of para-hydroxylation sites is 1. The van der Waals surface area contributed by atoms with Crippen molar-refractivity contribution in [2.45, 2.75) is 38.3 Å². The first kappa shape index (κ1) is 14.3. The number of rotatable bonds is 5. The van der Waals surface area contributed by atoms with Crippen molar-refractivity contribution in [1.29, 1.82) is 0 Å². The molecule has 1 aliphatic rings. The van der Waals surface area contributed by atoms with E-state index < -0.39 is 5.60 Å². The molecule has 0 amide bonds. The molecular formula is C15H22FNO2. The molecule has 19 heavy (non-hydrogen) atoms. The van der Waals surface area contributed by atoms with Crippen LogP contribution in [-0.4, -0.2) is 41.3 Å². The van der Waals surface area contributed by atoms with Crippen molar-refractivity contribution in [3.05, 3.63) is 30.1 Å². The van der Waals surface area contributed by atoms with E-state index in [0.29, 0.717) is 18.9 Å². The molecule has 4 heteroatoms. The van der Waals surface area contributed by atoms with Crippen LogP contribution in [0.3, 0.4) is 0 Å². The molecule has 1 atom stereocenters. The van der Waals surface area contributed by atoms with Crippen LogP contribution in [0.1, 0.15) is 26.7 Å². The molecule has 106 valence electrons. The molecule has 1 fully saturated rings. The van der Waals surface area contributed by atoms with Crippen LogP contribution in [0.25, 0.3) is 0 Å². The van der Waals surface area contributed by atoms with Gasteiger partial charge in [-0.15, -0.1) is 0 Å². The Kier molecular flexibility index (Phi) is 4.42. The van der Waals surface area contributed by atoms with Gasteiger partial charge in [-0.3, -0.25) is 4.90 Å². The SMILES string of the molecule is CC(C)(O)C1CCCN1CCOc1ccccc1F.